The molecule has 0 heterocycles. The molecule has 1 aliphatic rings. The van der Waals surface area contributed by atoms with Gasteiger partial charge in [0, 0.05) is 19.1 Å². The van der Waals surface area contributed by atoms with Crippen molar-refractivity contribution in [2.45, 2.75) is 38.3 Å². The van der Waals surface area contributed by atoms with Crippen LogP contribution in [-0.2, 0) is 19.1 Å². The number of methoxy groups -OCH3 is 1. The van der Waals surface area contributed by atoms with Gasteiger partial charge in [-0.3, -0.25) is 9.59 Å². The van der Waals surface area contributed by atoms with Gasteiger partial charge in [0.15, 0.2) is 0 Å². The second-order valence-electron chi connectivity index (χ2n) is 8.35. The van der Waals surface area contributed by atoms with E-state index >= 15 is 0 Å². The van der Waals surface area contributed by atoms with Gasteiger partial charge in [-0.25, -0.2) is 4.79 Å². The Kier molecular flexibility index (Phi) is 8.06. The van der Waals surface area contributed by atoms with Crippen LogP contribution in [0.25, 0.3) is 11.1 Å². The van der Waals surface area contributed by atoms with Crippen LogP contribution >= 0.6 is 0 Å². The second kappa shape index (κ2) is 11.0. The number of carboxylic acid groups (broad SMARTS) is 1. The smallest absolute Gasteiger partial charge is 0.407 e. The molecule has 1 aliphatic carbocycles. The number of hydrogen-bond donors (Lipinski definition) is 3. The van der Waals surface area contributed by atoms with E-state index in [2.05, 4.69) is 10.6 Å². The molecule has 0 aliphatic heterocycles. The first-order chi connectivity index (χ1) is 15.8. The van der Waals surface area contributed by atoms with Gasteiger partial charge in [0.25, 0.3) is 0 Å². The third-order valence-corrected chi connectivity index (χ3v) is 5.98. The highest BCUT2D eigenvalue weighted by Gasteiger charge is 2.30. The molecule has 8 heteroatoms. The number of rotatable bonds is 10. The molecule has 0 saturated carbocycles. The maximum absolute atomic E-state index is 12.6. The van der Waals surface area contributed by atoms with Crippen LogP contribution in [-0.4, -0.2) is 55.5 Å². The summed E-state index contributed by atoms with van der Waals surface area (Å²) in [7, 11) is 1.57. The summed E-state index contributed by atoms with van der Waals surface area (Å²) in [6.07, 6.45) is -1.39. The Labute approximate surface area is 193 Å². The number of amides is 2. The molecule has 0 saturated heterocycles. The lowest BCUT2D eigenvalue weighted by molar-refractivity contribution is -0.140. The van der Waals surface area contributed by atoms with Crippen LogP contribution < -0.4 is 10.6 Å². The summed E-state index contributed by atoms with van der Waals surface area (Å²) < 4.78 is 10.5. The minimum atomic E-state index is -1.25. The van der Waals surface area contributed by atoms with Crippen LogP contribution in [0.4, 0.5) is 4.79 Å². The average molecular weight is 455 g/mol. The Morgan fingerprint density at radius 2 is 1.55 bits per heavy atom. The first-order valence-electron chi connectivity index (χ1n) is 10.9. The van der Waals surface area contributed by atoms with E-state index in [1.807, 2.05) is 55.5 Å². The number of ether oxygens (including phenoxy) is 2. The van der Waals surface area contributed by atoms with Crippen LogP contribution in [0, 0.1) is 5.92 Å². The van der Waals surface area contributed by atoms with Crippen molar-refractivity contribution in [3.05, 3.63) is 59.7 Å². The van der Waals surface area contributed by atoms with Gasteiger partial charge in [-0.1, -0.05) is 55.5 Å². The Morgan fingerprint density at radius 1 is 0.970 bits per heavy atom. The van der Waals surface area contributed by atoms with Gasteiger partial charge < -0.3 is 25.2 Å². The van der Waals surface area contributed by atoms with Gasteiger partial charge in [0.2, 0.25) is 5.91 Å². The number of carbonyl (C=O) groups is 3. The molecule has 3 unspecified atom stereocenters. The Balaban J connectivity index is 1.64. The largest absolute Gasteiger partial charge is 0.481 e. The summed E-state index contributed by atoms with van der Waals surface area (Å²) >= 11 is 0. The summed E-state index contributed by atoms with van der Waals surface area (Å²) in [6.45, 7) is 4.21. The monoisotopic (exact) mass is 454 g/mol. The number of benzene rings is 2. The molecule has 8 nitrogen and oxygen atoms in total. The van der Waals surface area contributed by atoms with Gasteiger partial charge in [-0.2, -0.15) is 0 Å². The van der Waals surface area contributed by atoms with E-state index in [1.165, 1.54) is 0 Å². The summed E-state index contributed by atoms with van der Waals surface area (Å²) in [5.41, 5.74) is 4.33. The number of aliphatic carboxylic acids is 1. The average Bonchev–Trinajstić information content (AvgIpc) is 3.11. The predicted octanol–water partition coefficient (Wildman–Crippen LogP) is 3.16. The number of hydrogen-bond acceptors (Lipinski definition) is 5. The summed E-state index contributed by atoms with van der Waals surface area (Å²) in [6, 6.07) is 14.4. The Bertz CT molecular complexity index is 962. The van der Waals surface area contributed by atoms with Crippen LogP contribution in [0.3, 0.4) is 0 Å². The third-order valence-electron chi connectivity index (χ3n) is 5.98. The highest BCUT2D eigenvalue weighted by molar-refractivity contribution is 5.89. The maximum Gasteiger partial charge on any atom is 0.407 e. The SMILES string of the molecule is COCC(C)C(C)NC(=O)C(CC(=O)O)NC(=O)OCC1c2ccccc2-c2ccccc21. The highest BCUT2D eigenvalue weighted by Crippen LogP contribution is 2.44. The van der Waals surface area contributed by atoms with Crippen molar-refractivity contribution in [3.8, 4) is 11.1 Å². The van der Waals surface area contributed by atoms with Crippen molar-refractivity contribution in [2.24, 2.45) is 5.92 Å². The molecule has 0 spiro atoms. The van der Waals surface area contributed by atoms with Crippen LogP contribution in [0.1, 0.15) is 37.3 Å². The van der Waals surface area contributed by atoms with Gasteiger partial charge in [0.1, 0.15) is 12.6 Å². The zero-order valence-electron chi connectivity index (χ0n) is 19.0. The minimum Gasteiger partial charge on any atom is -0.481 e. The molecule has 2 amide bonds. The molecule has 3 atom stereocenters. The van der Waals surface area contributed by atoms with Crippen molar-refractivity contribution in [1.29, 1.82) is 0 Å². The standard InChI is InChI=1S/C25H30N2O6/c1-15(13-32-3)16(2)26-24(30)22(12-23(28)29)27-25(31)33-14-21-19-10-6-4-8-17(19)18-9-5-7-11-20(18)21/h4-11,15-16,21-22H,12-14H2,1-3H3,(H,26,30)(H,27,31)(H,28,29). The third kappa shape index (κ3) is 5.90. The van der Waals surface area contributed by atoms with Gasteiger partial charge in [0.05, 0.1) is 13.0 Å². The highest BCUT2D eigenvalue weighted by atomic mass is 16.5. The molecule has 3 N–H and O–H groups in total. The quantitative estimate of drug-likeness (QED) is 0.508. The van der Waals surface area contributed by atoms with E-state index in [1.54, 1.807) is 14.0 Å². The van der Waals surface area contributed by atoms with E-state index < -0.39 is 30.4 Å². The molecule has 2 aromatic rings. The molecular formula is C25H30N2O6. The van der Waals surface area contributed by atoms with Crippen LogP contribution in [0.5, 0.6) is 0 Å². The molecule has 0 radical (unpaired) electrons. The minimum absolute atomic E-state index is 0.0129. The van der Waals surface area contributed by atoms with Crippen molar-refractivity contribution < 1.29 is 29.0 Å². The Hall–Kier alpha value is -3.39. The number of alkyl carbamates (subject to hydrolysis) is 1. The second-order valence-corrected chi connectivity index (χ2v) is 8.35. The van der Waals surface area contributed by atoms with Crippen molar-refractivity contribution >= 4 is 18.0 Å². The lowest BCUT2D eigenvalue weighted by atomic mass is 9.98. The number of carboxylic acids is 1. The lowest BCUT2D eigenvalue weighted by Gasteiger charge is -2.24. The summed E-state index contributed by atoms with van der Waals surface area (Å²) in [5, 5.41) is 14.4. The lowest BCUT2D eigenvalue weighted by Crippen LogP contribution is -2.51. The van der Waals surface area contributed by atoms with E-state index in [4.69, 9.17) is 9.47 Å². The van der Waals surface area contributed by atoms with Gasteiger partial charge >= 0.3 is 12.1 Å². The van der Waals surface area contributed by atoms with Gasteiger partial charge in [-0.05, 0) is 35.1 Å². The fraction of sp³-hybridized carbons (Fsp3) is 0.400. The number of nitrogens with one attached hydrogen (secondary N) is 2. The number of fused-ring (bicyclic) bond motifs is 3. The zero-order chi connectivity index (χ0) is 24.0. The Morgan fingerprint density at radius 3 is 2.09 bits per heavy atom. The molecule has 0 fully saturated rings. The number of carbonyl (C=O) groups excluding carboxylic acids is 2. The zero-order valence-corrected chi connectivity index (χ0v) is 19.0. The topological polar surface area (TPSA) is 114 Å². The first kappa shape index (κ1) is 24.3. The van der Waals surface area contributed by atoms with Gasteiger partial charge in [-0.15, -0.1) is 0 Å². The molecule has 2 aromatic carbocycles. The molecule has 176 valence electrons. The van der Waals surface area contributed by atoms with E-state index in [9.17, 15) is 19.5 Å². The van der Waals surface area contributed by atoms with E-state index in [0.29, 0.717) is 6.61 Å². The summed E-state index contributed by atoms with van der Waals surface area (Å²) in [5.74, 6) is -1.91. The molecule has 0 aromatic heterocycles. The van der Waals surface area contributed by atoms with Crippen LogP contribution in [0.15, 0.2) is 48.5 Å². The van der Waals surface area contributed by atoms with E-state index in [-0.39, 0.29) is 24.5 Å². The fourth-order valence-electron chi connectivity index (χ4n) is 4.04. The molecule has 0 bridgehead atoms. The molecule has 3 rings (SSSR count). The molecular weight excluding hydrogens is 424 g/mol. The van der Waals surface area contributed by atoms with Crippen molar-refractivity contribution in [1.82, 2.24) is 10.6 Å². The van der Waals surface area contributed by atoms with Crippen LogP contribution in [0.2, 0.25) is 0 Å². The summed E-state index contributed by atoms with van der Waals surface area (Å²) in [4.78, 5) is 36.4. The van der Waals surface area contributed by atoms with Crippen molar-refractivity contribution in [2.75, 3.05) is 20.3 Å². The normalized spacial score (nSPS) is 15.0. The molecule has 33 heavy (non-hydrogen) atoms. The fourth-order valence-corrected chi connectivity index (χ4v) is 4.04. The predicted molar refractivity (Wildman–Crippen MR) is 123 cm³/mol. The van der Waals surface area contributed by atoms with Crippen molar-refractivity contribution in [3.63, 3.8) is 0 Å². The van der Waals surface area contributed by atoms with E-state index in [0.717, 1.165) is 22.3 Å². The maximum atomic E-state index is 12.6. The first-order valence-corrected chi connectivity index (χ1v) is 10.9.